The number of allylic oxidation sites excluding steroid dienone is 2. The number of hydrogen-bond donors (Lipinski definition) is 0. The first-order valence-electron chi connectivity index (χ1n) is 10.2. The summed E-state index contributed by atoms with van der Waals surface area (Å²) in [5, 5.41) is 0.506. The molecular formula is C21H27ClN2O3S. The third-order valence-electron chi connectivity index (χ3n) is 6.23. The van der Waals surface area contributed by atoms with Crippen LogP contribution in [-0.4, -0.2) is 43.2 Å². The van der Waals surface area contributed by atoms with Crippen molar-refractivity contribution in [3.05, 3.63) is 41.1 Å². The second kappa shape index (κ2) is 8.17. The number of carbonyl (C=O) groups excluding carboxylic acids is 1. The zero-order valence-electron chi connectivity index (χ0n) is 16.0. The Morgan fingerprint density at radius 1 is 1.00 bits per heavy atom. The van der Waals surface area contributed by atoms with Crippen LogP contribution in [0, 0.1) is 11.8 Å². The Morgan fingerprint density at radius 3 is 2.50 bits per heavy atom. The molecule has 1 amide bonds. The molecular weight excluding hydrogens is 396 g/mol. The summed E-state index contributed by atoms with van der Waals surface area (Å²) in [7, 11) is -3.61. The van der Waals surface area contributed by atoms with E-state index in [1.54, 1.807) is 12.1 Å². The van der Waals surface area contributed by atoms with Gasteiger partial charge in [0.1, 0.15) is 0 Å². The Bertz CT molecular complexity index is 866. The highest BCUT2D eigenvalue weighted by molar-refractivity contribution is 7.89. The van der Waals surface area contributed by atoms with Crippen LogP contribution < -0.4 is 0 Å². The van der Waals surface area contributed by atoms with E-state index in [-0.39, 0.29) is 23.3 Å². The molecule has 0 saturated carbocycles. The van der Waals surface area contributed by atoms with Gasteiger partial charge in [0.2, 0.25) is 15.9 Å². The monoisotopic (exact) mass is 422 g/mol. The van der Waals surface area contributed by atoms with Crippen LogP contribution in [0.4, 0.5) is 0 Å². The highest BCUT2D eigenvalue weighted by atomic mass is 35.5. The first-order valence-corrected chi connectivity index (χ1v) is 12.1. The van der Waals surface area contributed by atoms with E-state index >= 15 is 0 Å². The highest BCUT2D eigenvalue weighted by Crippen LogP contribution is 2.36. The van der Waals surface area contributed by atoms with Crippen LogP contribution in [-0.2, 0) is 14.8 Å². The van der Waals surface area contributed by atoms with E-state index in [4.69, 9.17) is 11.6 Å². The third kappa shape index (κ3) is 3.87. The summed E-state index contributed by atoms with van der Waals surface area (Å²) in [6.45, 7) is 1.49. The largest absolute Gasteiger partial charge is 0.316 e. The first-order chi connectivity index (χ1) is 13.5. The molecule has 2 fully saturated rings. The van der Waals surface area contributed by atoms with E-state index < -0.39 is 10.0 Å². The van der Waals surface area contributed by atoms with Gasteiger partial charge in [-0.25, -0.2) is 8.42 Å². The fourth-order valence-corrected chi connectivity index (χ4v) is 6.40. The summed E-state index contributed by atoms with van der Waals surface area (Å²) in [6, 6.07) is 6.24. The molecule has 0 spiro atoms. The molecule has 28 heavy (non-hydrogen) atoms. The number of amides is 1. The van der Waals surface area contributed by atoms with Gasteiger partial charge in [-0.1, -0.05) is 17.7 Å². The van der Waals surface area contributed by atoms with Gasteiger partial charge in [-0.3, -0.25) is 4.79 Å². The van der Waals surface area contributed by atoms with Gasteiger partial charge in [0, 0.05) is 30.4 Å². The van der Waals surface area contributed by atoms with Crippen molar-refractivity contribution in [2.45, 2.75) is 49.8 Å². The summed E-state index contributed by atoms with van der Waals surface area (Å²) in [5.74, 6) is 0.343. The summed E-state index contributed by atoms with van der Waals surface area (Å²) >= 11 is 5.89. The smallest absolute Gasteiger partial charge is 0.243 e. The van der Waals surface area contributed by atoms with E-state index in [1.807, 2.05) is 4.90 Å². The minimum atomic E-state index is -3.61. The van der Waals surface area contributed by atoms with Gasteiger partial charge in [0.15, 0.2) is 0 Å². The Morgan fingerprint density at radius 2 is 1.71 bits per heavy atom. The molecule has 0 bridgehead atoms. The molecule has 1 aromatic carbocycles. The lowest BCUT2D eigenvalue weighted by Gasteiger charge is -2.41. The van der Waals surface area contributed by atoms with Crippen LogP contribution in [0.25, 0.3) is 0 Å². The number of fused-ring (bicyclic) bond motifs is 1. The highest BCUT2D eigenvalue weighted by Gasteiger charge is 2.38. The molecule has 5 nitrogen and oxygen atoms in total. The number of sulfonamides is 1. The van der Waals surface area contributed by atoms with Gasteiger partial charge >= 0.3 is 0 Å². The van der Waals surface area contributed by atoms with E-state index in [9.17, 15) is 13.2 Å². The number of piperidine rings is 2. The van der Waals surface area contributed by atoms with Crippen molar-refractivity contribution in [3.8, 4) is 0 Å². The van der Waals surface area contributed by atoms with Crippen LogP contribution in [0.15, 0.2) is 40.9 Å². The standard InChI is InChI=1S/C21H27ClN2O3S/c22-18-9-11-19(12-10-18)28(26,27)23-13-3-7-17(15-23)21(25)24-14-4-6-16-5-1-2-8-20(16)24/h8-12,16-17H,1-7,13-15H2. The molecule has 3 aliphatic rings. The molecule has 1 aliphatic carbocycles. The zero-order valence-corrected chi connectivity index (χ0v) is 17.6. The van der Waals surface area contributed by atoms with E-state index in [2.05, 4.69) is 6.08 Å². The first kappa shape index (κ1) is 19.9. The zero-order chi connectivity index (χ0) is 19.7. The summed E-state index contributed by atoms with van der Waals surface area (Å²) < 4.78 is 27.5. The number of rotatable bonds is 3. The van der Waals surface area contributed by atoms with Crippen molar-refractivity contribution in [1.82, 2.24) is 9.21 Å². The summed E-state index contributed by atoms with van der Waals surface area (Å²) in [5.41, 5.74) is 1.19. The lowest BCUT2D eigenvalue weighted by Crippen LogP contribution is -2.48. The molecule has 2 atom stereocenters. The van der Waals surface area contributed by atoms with Gasteiger partial charge in [-0.15, -0.1) is 0 Å². The van der Waals surface area contributed by atoms with Gasteiger partial charge in [-0.05, 0) is 75.1 Å². The fraction of sp³-hybridized carbons (Fsp3) is 0.571. The lowest BCUT2D eigenvalue weighted by molar-refractivity contribution is -0.136. The SMILES string of the molecule is O=C(C1CCCN(S(=O)(=O)c2ccc(Cl)cc2)C1)N1CCCC2CCCC=C21. The molecule has 152 valence electrons. The maximum atomic E-state index is 13.3. The van der Waals surface area contributed by atoms with Crippen molar-refractivity contribution < 1.29 is 13.2 Å². The van der Waals surface area contributed by atoms with Gasteiger partial charge in [0.05, 0.1) is 10.8 Å². The van der Waals surface area contributed by atoms with Crippen molar-refractivity contribution in [3.63, 3.8) is 0 Å². The van der Waals surface area contributed by atoms with Crippen molar-refractivity contribution >= 4 is 27.5 Å². The van der Waals surface area contributed by atoms with Gasteiger partial charge < -0.3 is 4.90 Å². The fourth-order valence-electron chi connectivity index (χ4n) is 4.75. The van der Waals surface area contributed by atoms with Crippen LogP contribution in [0.3, 0.4) is 0 Å². The van der Waals surface area contributed by atoms with Crippen LogP contribution in [0.1, 0.15) is 44.9 Å². The minimum absolute atomic E-state index is 0.105. The Hall–Kier alpha value is -1.37. The topological polar surface area (TPSA) is 57.7 Å². The number of benzene rings is 1. The van der Waals surface area contributed by atoms with Crippen molar-refractivity contribution in [2.24, 2.45) is 11.8 Å². The Balaban J connectivity index is 1.51. The number of hydrogen-bond acceptors (Lipinski definition) is 3. The maximum Gasteiger partial charge on any atom is 0.243 e. The predicted molar refractivity (Wildman–Crippen MR) is 109 cm³/mol. The summed E-state index contributed by atoms with van der Waals surface area (Å²) in [6.07, 6.45) is 9.29. The molecule has 0 radical (unpaired) electrons. The van der Waals surface area contributed by atoms with Crippen molar-refractivity contribution in [2.75, 3.05) is 19.6 Å². The predicted octanol–water partition coefficient (Wildman–Crippen LogP) is 4.05. The molecule has 4 rings (SSSR count). The van der Waals surface area contributed by atoms with Gasteiger partial charge in [-0.2, -0.15) is 4.31 Å². The number of likely N-dealkylation sites (tertiary alicyclic amines) is 1. The Kier molecular flexibility index (Phi) is 5.81. The average Bonchev–Trinajstić information content (AvgIpc) is 2.73. The number of nitrogens with zero attached hydrogens (tertiary/aromatic N) is 2. The van der Waals surface area contributed by atoms with E-state index in [1.165, 1.54) is 28.6 Å². The number of halogens is 1. The van der Waals surface area contributed by atoms with Gasteiger partial charge in [0.25, 0.3) is 0 Å². The van der Waals surface area contributed by atoms with Crippen LogP contribution in [0.5, 0.6) is 0 Å². The minimum Gasteiger partial charge on any atom is -0.316 e. The van der Waals surface area contributed by atoms with E-state index in [0.29, 0.717) is 23.9 Å². The average molecular weight is 423 g/mol. The second-order valence-corrected chi connectivity index (χ2v) is 10.4. The molecule has 2 saturated heterocycles. The summed E-state index contributed by atoms with van der Waals surface area (Å²) in [4.78, 5) is 15.5. The lowest BCUT2D eigenvalue weighted by atomic mass is 9.84. The normalized spacial score (nSPS) is 26.5. The molecule has 1 aromatic rings. The third-order valence-corrected chi connectivity index (χ3v) is 8.36. The maximum absolute atomic E-state index is 13.3. The van der Waals surface area contributed by atoms with Crippen LogP contribution in [0.2, 0.25) is 5.02 Å². The molecule has 0 N–H and O–H groups in total. The van der Waals surface area contributed by atoms with Crippen molar-refractivity contribution in [1.29, 1.82) is 0 Å². The molecule has 7 heteroatoms. The molecule has 2 unspecified atom stereocenters. The Labute approximate surface area is 172 Å². The van der Waals surface area contributed by atoms with E-state index in [0.717, 1.165) is 38.6 Å². The quantitative estimate of drug-likeness (QED) is 0.738. The molecule has 2 aliphatic heterocycles. The second-order valence-electron chi connectivity index (χ2n) is 8.05. The number of carbonyl (C=O) groups is 1. The molecule has 0 aromatic heterocycles. The van der Waals surface area contributed by atoms with Crippen LogP contribution >= 0.6 is 11.6 Å². The molecule has 2 heterocycles.